The summed E-state index contributed by atoms with van der Waals surface area (Å²) in [7, 11) is 0. The Morgan fingerprint density at radius 3 is 1.38 bits per heavy atom. The first-order chi connectivity index (χ1) is 31.0. The lowest BCUT2D eigenvalue weighted by molar-refractivity contribution is 0.266. The first kappa shape index (κ1) is 41.4. The van der Waals surface area contributed by atoms with E-state index < -0.39 is 0 Å². The van der Waals surface area contributed by atoms with Crippen LogP contribution in [-0.2, 0) is 5.41 Å². The van der Waals surface area contributed by atoms with Crippen molar-refractivity contribution in [2.24, 2.45) is 11.8 Å². The Hall–Kier alpha value is -4.30. The van der Waals surface area contributed by atoms with E-state index in [-0.39, 0.29) is 5.41 Å². The average molecular weight is 937 g/mol. The summed E-state index contributed by atoms with van der Waals surface area (Å²) in [6, 6.07) is 26.7. The summed E-state index contributed by atoms with van der Waals surface area (Å²) < 4.78 is 22.3. The maximum absolute atomic E-state index is 5.19. The molecule has 8 heterocycles. The molecule has 6 nitrogen and oxygen atoms in total. The fourth-order valence-electron chi connectivity index (χ4n) is 10.1. The number of pyridine rings is 2. The van der Waals surface area contributed by atoms with Gasteiger partial charge in [0.25, 0.3) is 0 Å². The van der Waals surface area contributed by atoms with Crippen LogP contribution in [0.25, 0.3) is 94.0 Å². The third kappa shape index (κ3) is 7.20. The zero-order valence-corrected chi connectivity index (χ0v) is 40.8. The van der Waals surface area contributed by atoms with E-state index in [9.17, 15) is 0 Å². The Kier molecular flexibility index (Phi) is 11.3. The molecule has 0 radical (unpaired) electrons. The fourth-order valence-corrected chi connectivity index (χ4v) is 16.0. The Morgan fingerprint density at radius 2 is 0.952 bits per heavy atom. The topological polar surface area (TPSA) is 77.3 Å². The van der Waals surface area contributed by atoms with E-state index in [0.717, 1.165) is 67.2 Å². The summed E-state index contributed by atoms with van der Waals surface area (Å²) in [4.78, 5) is 18.0. The lowest BCUT2D eigenvalue weighted by Crippen LogP contribution is -2.31. The second-order valence-electron chi connectivity index (χ2n) is 17.3. The van der Waals surface area contributed by atoms with E-state index >= 15 is 0 Å². The number of hydrogen-bond donors (Lipinski definition) is 0. The normalized spacial score (nSPS) is 14.3. The van der Waals surface area contributed by atoms with Crippen molar-refractivity contribution in [3.05, 3.63) is 96.3 Å². The van der Waals surface area contributed by atoms with Gasteiger partial charge in [-0.3, -0.25) is 9.97 Å². The van der Waals surface area contributed by atoms with Crippen molar-refractivity contribution in [2.75, 3.05) is 0 Å². The molecule has 318 valence electrons. The molecular formula is C51H48N6S6. The minimum atomic E-state index is -0.106. The Morgan fingerprint density at radius 1 is 0.508 bits per heavy atom. The average Bonchev–Trinajstić information content (AvgIpc) is 4.17. The molecule has 2 unspecified atom stereocenters. The Labute approximate surface area is 392 Å². The van der Waals surface area contributed by atoms with E-state index in [1.54, 1.807) is 22.7 Å². The third-order valence-corrected chi connectivity index (χ3v) is 19.3. The molecule has 0 bridgehead atoms. The smallest absolute Gasteiger partial charge is 0.132 e. The third-order valence-electron chi connectivity index (χ3n) is 13.5. The van der Waals surface area contributed by atoms with Crippen molar-refractivity contribution < 1.29 is 0 Å². The number of nitrogens with zero attached hydrogens (tertiary/aromatic N) is 6. The Balaban J connectivity index is 1.08. The van der Waals surface area contributed by atoms with Crippen molar-refractivity contribution in [3.63, 3.8) is 0 Å². The van der Waals surface area contributed by atoms with Crippen LogP contribution in [0, 0.1) is 11.8 Å². The van der Waals surface area contributed by atoms with Crippen LogP contribution in [0.4, 0.5) is 0 Å². The summed E-state index contributed by atoms with van der Waals surface area (Å²) >= 11 is 10.0. The molecule has 2 atom stereocenters. The van der Waals surface area contributed by atoms with E-state index in [1.165, 1.54) is 126 Å². The minimum absolute atomic E-state index is 0.106. The van der Waals surface area contributed by atoms with Crippen LogP contribution in [0.5, 0.6) is 0 Å². The van der Waals surface area contributed by atoms with Crippen LogP contribution in [0.3, 0.4) is 0 Å². The SMILES string of the molecule is CCCCC(CC)CC1(CC(CC)CCCC)c2cc(-c3cnc(-c4cc5ccccc5s4)c4nsnc34)sc2-c2sc(-c3cnc(-c4cc5ccccc5s4)c4nsnc34)cc21. The van der Waals surface area contributed by atoms with E-state index in [1.807, 2.05) is 22.7 Å². The molecule has 0 aliphatic heterocycles. The standard InChI is InChI=1S/C51H48N6S6/c1-5-9-15-29(7-3)25-51(26-30(8-4)16-10-6-2)35-23-39(33-27-52-45(47-43(33)54-62-56-47)41-21-31-17-11-13-19-37(31)58-41)60-49(35)50-36(51)24-40(61-50)34-28-53-46(48-44(34)55-63-57-48)42-22-32-18-12-14-20-38(32)59-42/h11-14,17-24,27-30H,5-10,15-16,25-26H2,1-4H3. The number of thiophene rings is 4. The predicted molar refractivity (Wildman–Crippen MR) is 274 cm³/mol. The second kappa shape index (κ2) is 17.2. The first-order valence-electron chi connectivity index (χ1n) is 22.5. The largest absolute Gasteiger partial charge is 0.252 e. The van der Waals surface area contributed by atoms with Gasteiger partial charge in [-0.2, -0.15) is 17.5 Å². The molecule has 0 fully saturated rings. The van der Waals surface area contributed by atoms with Crippen molar-refractivity contribution in [1.82, 2.24) is 27.5 Å². The summed E-state index contributed by atoms with van der Waals surface area (Å²) in [5.41, 5.74) is 10.6. The van der Waals surface area contributed by atoms with Gasteiger partial charge in [0.15, 0.2) is 0 Å². The maximum atomic E-state index is 5.19. The summed E-state index contributed by atoms with van der Waals surface area (Å²) in [6.45, 7) is 9.52. The summed E-state index contributed by atoms with van der Waals surface area (Å²) in [5, 5.41) is 2.47. The molecule has 8 aromatic heterocycles. The highest BCUT2D eigenvalue weighted by molar-refractivity contribution is 7.26. The molecule has 0 spiro atoms. The van der Waals surface area contributed by atoms with Gasteiger partial charge < -0.3 is 0 Å². The van der Waals surface area contributed by atoms with Crippen LogP contribution >= 0.6 is 68.8 Å². The van der Waals surface area contributed by atoms with Gasteiger partial charge in [-0.25, -0.2) is 0 Å². The molecule has 11 rings (SSSR count). The van der Waals surface area contributed by atoms with Crippen molar-refractivity contribution in [3.8, 4) is 51.8 Å². The number of aromatic nitrogens is 6. The Bertz CT molecular complexity index is 2970. The molecule has 0 saturated heterocycles. The molecule has 10 aromatic rings. The lowest BCUT2D eigenvalue weighted by Gasteiger charge is -2.37. The number of hydrogen-bond acceptors (Lipinski definition) is 12. The van der Waals surface area contributed by atoms with Crippen molar-refractivity contribution >= 4 is 111 Å². The molecule has 0 amide bonds. The highest BCUT2D eigenvalue weighted by Crippen LogP contribution is 2.63. The van der Waals surface area contributed by atoms with Gasteiger partial charge >= 0.3 is 0 Å². The van der Waals surface area contributed by atoms with Crippen LogP contribution in [-0.4, -0.2) is 27.5 Å². The quantitative estimate of drug-likeness (QED) is 0.0960. The first-order valence-corrected chi connectivity index (χ1v) is 27.2. The number of fused-ring (bicyclic) bond motifs is 7. The van der Waals surface area contributed by atoms with E-state index in [4.69, 9.17) is 27.5 Å². The molecule has 2 aromatic carbocycles. The molecule has 0 N–H and O–H groups in total. The zero-order chi connectivity index (χ0) is 42.7. The van der Waals surface area contributed by atoms with Crippen LogP contribution in [0.2, 0.25) is 0 Å². The van der Waals surface area contributed by atoms with Gasteiger partial charge in [0.1, 0.15) is 33.5 Å². The molecule has 63 heavy (non-hydrogen) atoms. The van der Waals surface area contributed by atoms with Crippen LogP contribution in [0.1, 0.15) is 103 Å². The zero-order valence-electron chi connectivity index (χ0n) is 35.9. The maximum Gasteiger partial charge on any atom is 0.132 e. The van der Waals surface area contributed by atoms with Crippen molar-refractivity contribution in [2.45, 2.75) is 97.3 Å². The molecular weight excluding hydrogens is 889 g/mol. The number of rotatable bonds is 16. The highest BCUT2D eigenvalue weighted by Gasteiger charge is 2.48. The monoisotopic (exact) mass is 936 g/mol. The minimum Gasteiger partial charge on any atom is -0.252 e. The van der Waals surface area contributed by atoms with Gasteiger partial charge in [0.2, 0.25) is 0 Å². The lowest BCUT2D eigenvalue weighted by atomic mass is 9.65. The number of unbranched alkanes of at least 4 members (excludes halogenated alkanes) is 2. The summed E-state index contributed by atoms with van der Waals surface area (Å²) in [6.07, 6.45) is 16.4. The molecule has 12 heteroatoms. The van der Waals surface area contributed by atoms with Gasteiger partial charge in [0, 0.05) is 57.8 Å². The van der Waals surface area contributed by atoms with Gasteiger partial charge in [0.05, 0.1) is 33.2 Å². The highest BCUT2D eigenvalue weighted by atomic mass is 32.1. The number of benzene rings is 2. The fraction of sp³-hybridized carbons (Fsp3) is 0.333. The summed E-state index contributed by atoms with van der Waals surface area (Å²) in [5.74, 6) is 1.26. The van der Waals surface area contributed by atoms with Crippen LogP contribution in [0.15, 0.2) is 85.2 Å². The molecule has 0 saturated carbocycles. The van der Waals surface area contributed by atoms with E-state index in [0.29, 0.717) is 11.8 Å². The predicted octanol–water partition coefficient (Wildman–Crippen LogP) is 17.2. The van der Waals surface area contributed by atoms with Crippen LogP contribution < -0.4 is 0 Å². The van der Waals surface area contributed by atoms with Gasteiger partial charge in [-0.1, -0.05) is 115 Å². The molecule has 1 aliphatic rings. The van der Waals surface area contributed by atoms with E-state index in [2.05, 4.69) is 113 Å². The van der Waals surface area contributed by atoms with Crippen molar-refractivity contribution in [1.29, 1.82) is 0 Å². The van der Waals surface area contributed by atoms with Gasteiger partial charge in [-0.05, 0) is 83.0 Å². The van der Waals surface area contributed by atoms with Gasteiger partial charge in [-0.15, -0.1) is 45.3 Å². The molecule has 1 aliphatic carbocycles. The second-order valence-corrected chi connectivity index (χ2v) is 22.6.